The number of hydrogen-bond donors (Lipinski definition) is 2. The summed E-state index contributed by atoms with van der Waals surface area (Å²) >= 11 is 0. The van der Waals surface area contributed by atoms with Crippen LogP contribution in [0.3, 0.4) is 0 Å². The number of aryl methyl sites for hydroxylation is 2. The summed E-state index contributed by atoms with van der Waals surface area (Å²) in [6, 6.07) is 12.4. The van der Waals surface area contributed by atoms with Gasteiger partial charge in [0, 0.05) is 31.7 Å². The summed E-state index contributed by atoms with van der Waals surface area (Å²) in [4.78, 5) is 31.2. The average Bonchev–Trinajstić information content (AvgIpc) is 2.94. The van der Waals surface area contributed by atoms with Crippen molar-refractivity contribution in [3.8, 4) is 0 Å². The number of alkyl carbamates (subject to hydrolysis) is 1. The normalized spacial score (nSPS) is 13.5. The van der Waals surface area contributed by atoms with Crippen molar-refractivity contribution in [3.05, 3.63) is 59.3 Å². The van der Waals surface area contributed by atoms with E-state index in [1.165, 1.54) is 12.7 Å². The van der Waals surface area contributed by atoms with Crippen LogP contribution in [0.2, 0.25) is 0 Å². The van der Waals surface area contributed by atoms with Gasteiger partial charge in [0.15, 0.2) is 0 Å². The number of anilines is 1. The van der Waals surface area contributed by atoms with E-state index in [2.05, 4.69) is 22.8 Å². The molecule has 0 fully saturated rings. The number of esters is 1. The van der Waals surface area contributed by atoms with Gasteiger partial charge in [-0.25, -0.2) is 23.4 Å². The molecule has 2 aromatic rings. The number of alkyl halides is 2. The van der Waals surface area contributed by atoms with Crippen molar-refractivity contribution in [1.82, 2.24) is 15.2 Å². The number of halogens is 2. The van der Waals surface area contributed by atoms with Crippen LogP contribution in [0.25, 0.3) is 0 Å². The second-order valence-electron chi connectivity index (χ2n) is 9.39. The van der Waals surface area contributed by atoms with Crippen LogP contribution in [0.5, 0.6) is 0 Å². The van der Waals surface area contributed by atoms with Gasteiger partial charge < -0.3 is 25.0 Å². The van der Waals surface area contributed by atoms with Crippen LogP contribution in [0.15, 0.2) is 42.5 Å². The van der Waals surface area contributed by atoms with Gasteiger partial charge in [0.1, 0.15) is 18.5 Å². The van der Waals surface area contributed by atoms with E-state index < -0.39 is 24.5 Å². The van der Waals surface area contributed by atoms with Gasteiger partial charge in [-0.1, -0.05) is 36.4 Å². The maximum Gasteiger partial charge on any atom is 0.408 e. The van der Waals surface area contributed by atoms with E-state index in [9.17, 15) is 18.4 Å². The molecule has 0 radical (unpaired) electrons. The number of aromatic nitrogens is 1. The number of unbranched alkanes of at least 4 members (excludes halogenated alkanes) is 1. The molecule has 0 spiro atoms. The summed E-state index contributed by atoms with van der Waals surface area (Å²) in [5.41, 5.74) is 3.08. The molecule has 2 heterocycles. The van der Waals surface area contributed by atoms with E-state index in [0.29, 0.717) is 13.1 Å². The molecule has 3 rings (SSSR count). The number of fused-ring (bicyclic) bond motifs is 1. The maximum atomic E-state index is 12.9. The number of rotatable bonds is 15. The van der Waals surface area contributed by atoms with Crippen LogP contribution in [-0.2, 0) is 33.7 Å². The van der Waals surface area contributed by atoms with Gasteiger partial charge in [-0.2, -0.15) is 0 Å². The van der Waals surface area contributed by atoms with Crippen LogP contribution < -0.4 is 10.6 Å². The third-order valence-corrected chi connectivity index (χ3v) is 6.50. The summed E-state index contributed by atoms with van der Waals surface area (Å²) < 4.78 is 35.9. The summed E-state index contributed by atoms with van der Waals surface area (Å²) in [7, 11) is 1.24. The van der Waals surface area contributed by atoms with Crippen molar-refractivity contribution in [3.63, 3.8) is 0 Å². The molecule has 2 N–H and O–H groups in total. The number of pyridine rings is 1. The van der Waals surface area contributed by atoms with E-state index in [4.69, 9.17) is 14.5 Å². The maximum absolute atomic E-state index is 12.9. The highest BCUT2D eigenvalue weighted by Gasteiger charge is 2.23. The zero-order valence-corrected chi connectivity index (χ0v) is 22.0. The Hall–Kier alpha value is -3.27. The number of carbonyl (C=O) groups excluding carboxylic acids is 2. The summed E-state index contributed by atoms with van der Waals surface area (Å²) in [5.74, 6) is 0.360. The predicted molar refractivity (Wildman–Crippen MR) is 141 cm³/mol. The molecule has 1 amide bonds. The minimum absolute atomic E-state index is 0.0657. The third kappa shape index (κ3) is 10.2. The standard InChI is InChI=1S/C28H38F2N4O4/c1-37-27(35)24(33-28(36)38-20-21-8-3-2-4-9-21)14-18-34(19-15-25(29)30)17-6-5-11-23-13-12-22-10-7-16-31-26(22)32-23/h2-4,8-9,12-13,24-25H,5-7,10-11,14-20H2,1H3,(H,31,32)(H,33,36)/t24-/m0/s1. The SMILES string of the molecule is COC(=O)[C@H](CCN(CCCCc1ccc2c(n1)NCCC2)CCC(F)F)NC(=O)OCc1ccccc1. The molecular formula is C28H38F2N4O4. The molecule has 1 aliphatic rings. The van der Waals surface area contributed by atoms with Crippen molar-refractivity contribution >= 4 is 17.9 Å². The van der Waals surface area contributed by atoms with Gasteiger partial charge in [-0.15, -0.1) is 0 Å². The number of nitrogens with one attached hydrogen (secondary N) is 2. The van der Waals surface area contributed by atoms with Gasteiger partial charge in [0.25, 0.3) is 0 Å². The molecule has 0 bridgehead atoms. The smallest absolute Gasteiger partial charge is 0.408 e. The van der Waals surface area contributed by atoms with Crippen LogP contribution in [-0.4, -0.2) is 67.7 Å². The molecule has 0 saturated carbocycles. The van der Waals surface area contributed by atoms with Crippen molar-refractivity contribution in [2.24, 2.45) is 0 Å². The molecule has 208 valence electrons. The van der Waals surface area contributed by atoms with Crippen LogP contribution in [0, 0.1) is 0 Å². The Kier molecular flexibility index (Phi) is 12.2. The van der Waals surface area contributed by atoms with Crippen molar-refractivity contribution < 1.29 is 27.8 Å². The highest BCUT2D eigenvalue weighted by molar-refractivity contribution is 5.81. The molecular weight excluding hydrogens is 494 g/mol. The molecule has 1 aromatic carbocycles. The minimum atomic E-state index is -2.41. The molecule has 1 atom stereocenters. The van der Waals surface area contributed by atoms with Crippen LogP contribution in [0.4, 0.5) is 19.4 Å². The molecule has 1 aromatic heterocycles. The fourth-order valence-electron chi connectivity index (χ4n) is 4.38. The molecule has 10 heteroatoms. The summed E-state index contributed by atoms with van der Waals surface area (Å²) in [6.45, 7) is 2.16. The lowest BCUT2D eigenvalue weighted by Crippen LogP contribution is -2.44. The molecule has 0 saturated heterocycles. The fourth-order valence-corrected chi connectivity index (χ4v) is 4.38. The van der Waals surface area contributed by atoms with Gasteiger partial charge in [0.05, 0.1) is 7.11 Å². The Balaban J connectivity index is 1.47. The first-order chi connectivity index (χ1) is 18.4. The minimum Gasteiger partial charge on any atom is -0.467 e. The largest absolute Gasteiger partial charge is 0.467 e. The number of nitrogens with zero attached hydrogens (tertiary/aromatic N) is 2. The first kappa shape index (κ1) is 29.3. The molecule has 0 unspecified atom stereocenters. The predicted octanol–water partition coefficient (Wildman–Crippen LogP) is 4.58. The molecule has 8 nitrogen and oxygen atoms in total. The summed E-state index contributed by atoms with van der Waals surface area (Å²) in [6.07, 6.45) is 1.43. The van der Waals surface area contributed by atoms with E-state index in [0.717, 1.165) is 55.7 Å². The zero-order chi connectivity index (χ0) is 27.2. The molecule has 0 aliphatic carbocycles. The monoisotopic (exact) mass is 532 g/mol. The highest BCUT2D eigenvalue weighted by Crippen LogP contribution is 2.20. The number of amides is 1. The lowest BCUT2D eigenvalue weighted by atomic mass is 10.1. The lowest BCUT2D eigenvalue weighted by molar-refractivity contribution is -0.143. The van der Waals surface area contributed by atoms with Crippen molar-refractivity contribution in [2.75, 3.05) is 38.6 Å². The van der Waals surface area contributed by atoms with Crippen LogP contribution >= 0.6 is 0 Å². The third-order valence-electron chi connectivity index (χ3n) is 6.50. The lowest BCUT2D eigenvalue weighted by Gasteiger charge is -2.25. The van der Waals surface area contributed by atoms with Gasteiger partial charge in [0.2, 0.25) is 6.43 Å². The van der Waals surface area contributed by atoms with Gasteiger partial charge >= 0.3 is 12.1 Å². The second kappa shape index (κ2) is 15.9. The van der Waals surface area contributed by atoms with Gasteiger partial charge in [-0.05, 0) is 62.3 Å². The number of methoxy groups -OCH3 is 1. The van der Waals surface area contributed by atoms with E-state index >= 15 is 0 Å². The number of benzene rings is 1. The number of ether oxygens (including phenoxy) is 2. The van der Waals surface area contributed by atoms with Crippen molar-refractivity contribution in [2.45, 2.75) is 64.0 Å². The van der Waals surface area contributed by atoms with Crippen LogP contribution in [0.1, 0.15) is 48.9 Å². The number of carbonyl (C=O) groups is 2. The average molecular weight is 533 g/mol. The Bertz CT molecular complexity index is 1010. The Morgan fingerprint density at radius 1 is 1.08 bits per heavy atom. The highest BCUT2D eigenvalue weighted by atomic mass is 19.3. The first-order valence-corrected chi connectivity index (χ1v) is 13.2. The molecule has 38 heavy (non-hydrogen) atoms. The second-order valence-corrected chi connectivity index (χ2v) is 9.39. The van der Waals surface area contributed by atoms with E-state index in [-0.39, 0.29) is 26.0 Å². The Morgan fingerprint density at radius 3 is 2.63 bits per heavy atom. The first-order valence-electron chi connectivity index (χ1n) is 13.2. The van der Waals surface area contributed by atoms with Gasteiger partial charge in [-0.3, -0.25) is 0 Å². The topological polar surface area (TPSA) is 92.8 Å². The van der Waals surface area contributed by atoms with Crippen molar-refractivity contribution in [1.29, 1.82) is 0 Å². The van der Waals surface area contributed by atoms with E-state index in [1.54, 1.807) is 0 Å². The quantitative estimate of drug-likeness (QED) is 0.256. The number of hydrogen-bond acceptors (Lipinski definition) is 7. The van der Waals surface area contributed by atoms with E-state index in [1.807, 2.05) is 35.2 Å². The Labute approximate surface area is 223 Å². The zero-order valence-electron chi connectivity index (χ0n) is 22.0. The Morgan fingerprint density at radius 2 is 1.87 bits per heavy atom. The molecule has 1 aliphatic heterocycles. The fraction of sp³-hybridized carbons (Fsp3) is 0.536. The summed E-state index contributed by atoms with van der Waals surface area (Å²) in [5, 5.41) is 5.89.